The van der Waals surface area contributed by atoms with E-state index in [2.05, 4.69) is 19.1 Å². The highest BCUT2D eigenvalue weighted by Crippen LogP contribution is 2.43. The minimum atomic E-state index is 0.0953. The van der Waals surface area contributed by atoms with Gasteiger partial charge in [0.25, 0.3) is 0 Å². The third-order valence-corrected chi connectivity index (χ3v) is 6.00. The first-order valence-corrected chi connectivity index (χ1v) is 11.8. The van der Waals surface area contributed by atoms with Crippen LogP contribution >= 0.6 is 0 Å². The molecule has 152 valence electrons. The van der Waals surface area contributed by atoms with Crippen LogP contribution in [0.1, 0.15) is 110 Å². The highest BCUT2D eigenvalue weighted by molar-refractivity contribution is 5.01. The molecule has 0 aromatic heterocycles. The summed E-state index contributed by atoms with van der Waals surface area (Å²) in [5.41, 5.74) is 0. The predicted octanol–water partition coefficient (Wildman–Crippen LogP) is 7.42. The first kappa shape index (κ1) is 22.0. The highest BCUT2D eigenvalue weighted by atomic mass is 16.7. The molecule has 2 fully saturated rings. The third-order valence-electron chi connectivity index (χ3n) is 6.00. The average molecular weight is 365 g/mol. The zero-order valence-corrected chi connectivity index (χ0v) is 17.4. The van der Waals surface area contributed by atoms with Crippen LogP contribution in [0.25, 0.3) is 0 Å². The maximum absolute atomic E-state index is 5.78. The summed E-state index contributed by atoms with van der Waals surface area (Å²) in [5, 5.41) is 0. The molecular formula is C24H44O2. The van der Waals surface area contributed by atoms with E-state index in [1.165, 1.54) is 96.3 Å². The number of hydrogen-bond donors (Lipinski definition) is 0. The summed E-state index contributed by atoms with van der Waals surface area (Å²) < 4.78 is 11.4. The second-order valence-electron chi connectivity index (χ2n) is 8.51. The Labute approximate surface area is 163 Å². The molecule has 26 heavy (non-hydrogen) atoms. The Morgan fingerprint density at radius 3 is 2.54 bits per heavy atom. The molecule has 0 spiro atoms. The molecule has 2 aliphatic rings. The molecule has 1 saturated carbocycles. The van der Waals surface area contributed by atoms with Crippen molar-refractivity contribution in [1.82, 2.24) is 0 Å². The maximum atomic E-state index is 5.78. The topological polar surface area (TPSA) is 18.5 Å². The van der Waals surface area contributed by atoms with Crippen LogP contribution in [0.2, 0.25) is 0 Å². The summed E-state index contributed by atoms with van der Waals surface area (Å²) >= 11 is 0. The van der Waals surface area contributed by atoms with Gasteiger partial charge >= 0.3 is 0 Å². The number of unbranched alkanes of at least 4 members (excludes halogenated alkanes) is 9. The number of hydrogen-bond acceptors (Lipinski definition) is 2. The van der Waals surface area contributed by atoms with Gasteiger partial charge in [0, 0.05) is 13.2 Å². The molecular weight excluding hydrogens is 320 g/mol. The fourth-order valence-corrected chi connectivity index (χ4v) is 4.07. The van der Waals surface area contributed by atoms with Crippen LogP contribution in [0, 0.1) is 11.8 Å². The Balaban J connectivity index is 1.28. The van der Waals surface area contributed by atoms with Gasteiger partial charge in [-0.15, -0.1) is 0 Å². The van der Waals surface area contributed by atoms with E-state index in [0.717, 1.165) is 31.5 Å². The first-order valence-electron chi connectivity index (χ1n) is 11.8. The van der Waals surface area contributed by atoms with Crippen LogP contribution in [0.3, 0.4) is 0 Å². The van der Waals surface area contributed by atoms with Gasteiger partial charge in [0.1, 0.15) is 0 Å². The highest BCUT2D eigenvalue weighted by Gasteiger charge is 2.33. The fraction of sp³-hybridized carbons (Fsp3) is 0.917. The molecule has 0 radical (unpaired) electrons. The van der Waals surface area contributed by atoms with Crippen LogP contribution in [0.4, 0.5) is 0 Å². The predicted molar refractivity (Wildman–Crippen MR) is 111 cm³/mol. The van der Waals surface area contributed by atoms with Gasteiger partial charge in [0.05, 0.1) is 0 Å². The summed E-state index contributed by atoms with van der Waals surface area (Å²) in [6.45, 7) is 4.07. The van der Waals surface area contributed by atoms with E-state index in [9.17, 15) is 0 Å². The second kappa shape index (κ2) is 14.7. The lowest BCUT2D eigenvalue weighted by molar-refractivity contribution is -0.162. The SMILES string of the molecule is CCCCCC[C@H]1C[C@H]1/C=C\CCCCCCCCOC1CCCCO1. The van der Waals surface area contributed by atoms with E-state index in [0.29, 0.717) is 0 Å². The molecule has 2 heteroatoms. The maximum Gasteiger partial charge on any atom is 0.157 e. The lowest BCUT2D eigenvalue weighted by Gasteiger charge is -2.22. The molecule has 2 nitrogen and oxygen atoms in total. The van der Waals surface area contributed by atoms with Crippen molar-refractivity contribution in [3.8, 4) is 0 Å². The van der Waals surface area contributed by atoms with Gasteiger partial charge in [0.15, 0.2) is 6.29 Å². The third kappa shape index (κ3) is 10.7. The Bertz CT molecular complexity index is 346. The second-order valence-corrected chi connectivity index (χ2v) is 8.51. The van der Waals surface area contributed by atoms with Gasteiger partial charge in [0.2, 0.25) is 0 Å². The Morgan fingerprint density at radius 1 is 0.923 bits per heavy atom. The van der Waals surface area contributed by atoms with Crippen LogP contribution in [0.15, 0.2) is 12.2 Å². The van der Waals surface area contributed by atoms with Crippen molar-refractivity contribution in [3.05, 3.63) is 12.2 Å². The molecule has 1 heterocycles. The summed E-state index contributed by atoms with van der Waals surface area (Å²) in [6, 6.07) is 0. The summed E-state index contributed by atoms with van der Waals surface area (Å²) in [5.74, 6) is 1.97. The van der Waals surface area contributed by atoms with E-state index < -0.39 is 0 Å². The molecule has 1 unspecified atom stereocenters. The van der Waals surface area contributed by atoms with E-state index in [-0.39, 0.29) is 6.29 Å². The first-order chi connectivity index (χ1) is 12.9. The Morgan fingerprint density at radius 2 is 1.73 bits per heavy atom. The van der Waals surface area contributed by atoms with Crippen LogP contribution in [-0.2, 0) is 9.47 Å². The van der Waals surface area contributed by atoms with Gasteiger partial charge in [-0.2, -0.15) is 0 Å². The van der Waals surface area contributed by atoms with Crippen LogP contribution in [-0.4, -0.2) is 19.5 Å². The monoisotopic (exact) mass is 364 g/mol. The van der Waals surface area contributed by atoms with Crippen molar-refractivity contribution in [2.24, 2.45) is 11.8 Å². The van der Waals surface area contributed by atoms with E-state index >= 15 is 0 Å². The van der Waals surface area contributed by atoms with Crippen molar-refractivity contribution < 1.29 is 9.47 Å². The molecule has 1 aliphatic carbocycles. The minimum Gasteiger partial charge on any atom is -0.353 e. The molecule has 3 atom stereocenters. The molecule has 0 bridgehead atoms. The smallest absolute Gasteiger partial charge is 0.157 e. The summed E-state index contributed by atoms with van der Waals surface area (Å²) in [7, 11) is 0. The van der Waals surface area contributed by atoms with Gasteiger partial charge in [-0.25, -0.2) is 0 Å². The quantitative estimate of drug-likeness (QED) is 0.209. The number of rotatable bonds is 16. The fourth-order valence-electron chi connectivity index (χ4n) is 4.07. The minimum absolute atomic E-state index is 0.0953. The summed E-state index contributed by atoms with van der Waals surface area (Å²) in [4.78, 5) is 0. The molecule has 0 N–H and O–H groups in total. The van der Waals surface area contributed by atoms with Crippen LogP contribution in [0.5, 0.6) is 0 Å². The molecule has 0 aromatic carbocycles. The lowest BCUT2D eigenvalue weighted by atomic mass is 10.1. The molecule has 2 rings (SSSR count). The van der Waals surface area contributed by atoms with Crippen molar-refractivity contribution in [2.45, 2.75) is 116 Å². The zero-order chi connectivity index (χ0) is 18.3. The van der Waals surface area contributed by atoms with Gasteiger partial charge in [-0.1, -0.05) is 70.4 Å². The molecule has 1 aliphatic heterocycles. The largest absolute Gasteiger partial charge is 0.353 e. The van der Waals surface area contributed by atoms with Crippen molar-refractivity contribution in [3.63, 3.8) is 0 Å². The van der Waals surface area contributed by atoms with Gasteiger partial charge in [-0.05, 0) is 63.2 Å². The number of allylic oxidation sites excluding steroid dienone is 2. The lowest BCUT2D eigenvalue weighted by Crippen LogP contribution is -2.22. The molecule has 0 aromatic rings. The van der Waals surface area contributed by atoms with Gasteiger partial charge < -0.3 is 9.47 Å². The van der Waals surface area contributed by atoms with Crippen molar-refractivity contribution in [1.29, 1.82) is 0 Å². The summed E-state index contributed by atoms with van der Waals surface area (Å²) in [6.07, 6.45) is 26.6. The van der Waals surface area contributed by atoms with Gasteiger partial charge in [-0.3, -0.25) is 0 Å². The standard InChI is InChI=1S/C24H44O2/c1-2-3-4-11-16-22-21-23(22)17-12-9-7-5-6-8-10-14-19-25-24-18-13-15-20-26-24/h12,17,22-24H,2-11,13-16,18-21H2,1H3/b17-12-/t22-,23+,24?/m0/s1. The average Bonchev–Trinajstić information content (AvgIpc) is 3.42. The number of ether oxygens (including phenoxy) is 2. The zero-order valence-electron chi connectivity index (χ0n) is 17.4. The van der Waals surface area contributed by atoms with E-state index in [4.69, 9.17) is 9.47 Å². The normalized spacial score (nSPS) is 25.8. The van der Waals surface area contributed by atoms with Crippen LogP contribution < -0.4 is 0 Å². The Hall–Kier alpha value is -0.340. The molecule has 1 saturated heterocycles. The van der Waals surface area contributed by atoms with E-state index in [1.54, 1.807) is 0 Å². The van der Waals surface area contributed by atoms with Crippen molar-refractivity contribution in [2.75, 3.05) is 13.2 Å². The van der Waals surface area contributed by atoms with E-state index in [1.807, 2.05) is 0 Å². The Kier molecular flexibility index (Phi) is 12.4. The van der Waals surface area contributed by atoms with Crippen molar-refractivity contribution >= 4 is 0 Å². The molecule has 0 amide bonds.